The van der Waals surface area contributed by atoms with Crippen LogP contribution in [0.25, 0.3) is 0 Å². The molecule has 4 bridgehead atoms. The standard InChI is InChI=1S/C22H34O6/c1-21(2,3)27-16(23)11-26-19(24)17-13-7-12-8-14(10-13)18(15(17)9-12)20(25)28-22(4,5)6/h12-15,17-18H,7-11H2,1-6H3. The summed E-state index contributed by atoms with van der Waals surface area (Å²) < 4.78 is 16.2. The zero-order chi connectivity index (χ0) is 20.9. The van der Waals surface area contributed by atoms with Gasteiger partial charge in [-0.3, -0.25) is 9.59 Å². The summed E-state index contributed by atoms with van der Waals surface area (Å²) >= 11 is 0. The zero-order valence-corrected chi connectivity index (χ0v) is 17.9. The molecule has 0 spiro atoms. The van der Waals surface area contributed by atoms with E-state index in [4.69, 9.17) is 14.2 Å². The second-order valence-corrected chi connectivity index (χ2v) is 10.8. The second-order valence-electron chi connectivity index (χ2n) is 10.8. The highest BCUT2D eigenvalue weighted by atomic mass is 16.6. The minimum absolute atomic E-state index is 0.0442. The van der Waals surface area contributed by atoms with Crippen LogP contribution in [0.15, 0.2) is 0 Å². The van der Waals surface area contributed by atoms with Gasteiger partial charge >= 0.3 is 17.9 Å². The van der Waals surface area contributed by atoms with Crippen LogP contribution in [0.2, 0.25) is 0 Å². The lowest BCUT2D eigenvalue weighted by atomic mass is 9.48. The van der Waals surface area contributed by atoms with Crippen molar-refractivity contribution in [3.05, 3.63) is 0 Å². The van der Waals surface area contributed by atoms with Crippen molar-refractivity contribution in [1.29, 1.82) is 0 Å². The first-order chi connectivity index (χ1) is 12.8. The van der Waals surface area contributed by atoms with E-state index in [0.29, 0.717) is 11.8 Å². The third-order valence-corrected chi connectivity index (χ3v) is 6.12. The van der Waals surface area contributed by atoms with Gasteiger partial charge in [0.25, 0.3) is 0 Å². The monoisotopic (exact) mass is 394 g/mol. The van der Waals surface area contributed by atoms with E-state index < -0.39 is 17.2 Å². The van der Waals surface area contributed by atoms with Gasteiger partial charge in [-0.1, -0.05) is 0 Å². The Balaban J connectivity index is 1.68. The van der Waals surface area contributed by atoms with Crippen LogP contribution in [0, 0.1) is 35.5 Å². The molecule has 4 aliphatic carbocycles. The molecule has 0 aromatic rings. The fourth-order valence-electron chi connectivity index (χ4n) is 5.61. The van der Waals surface area contributed by atoms with Crippen LogP contribution in [0.5, 0.6) is 0 Å². The molecule has 0 aliphatic heterocycles. The lowest BCUT2D eigenvalue weighted by molar-refractivity contribution is -0.189. The normalized spacial score (nSPS) is 34.1. The van der Waals surface area contributed by atoms with E-state index in [-0.39, 0.29) is 42.2 Å². The number of rotatable bonds is 4. The highest BCUT2D eigenvalue weighted by Crippen LogP contribution is 2.59. The number of hydrogen-bond acceptors (Lipinski definition) is 6. The Labute approximate surface area is 167 Å². The highest BCUT2D eigenvalue weighted by Gasteiger charge is 2.59. The van der Waals surface area contributed by atoms with Crippen LogP contribution in [-0.2, 0) is 28.6 Å². The van der Waals surface area contributed by atoms with Crippen molar-refractivity contribution in [2.45, 2.75) is 78.4 Å². The second kappa shape index (κ2) is 7.34. The smallest absolute Gasteiger partial charge is 0.344 e. The Hall–Kier alpha value is -1.59. The topological polar surface area (TPSA) is 78.9 Å². The Morgan fingerprint density at radius 2 is 1.29 bits per heavy atom. The van der Waals surface area contributed by atoms with Crippen molar-refractivity contribution >= 4 is 17.9 Å². The molecule has 4 fully saturated rings. The fourth-order valence-corrected chi connectivity index (χ4v) is 5.61. The van der Waals surface area contributed by atoms with E-state index in [1.807, 2.05) is 20.8 Å². The maximum Gasteiger partial charge on any atom is 0.344 e. The highest BCUT2D eigenvalue weighted by molar-refractivity contribution is 5.81. The molecular weight excluding hydrogens is 360 g/mol. The summed E-state index contributed by atoms with van der Waals surface area (Å²) in [4.78, 5) is 37.7. The van der Waals surface area contributed by atoms with Crippen LogP contribution in [0.3, 0.4) is 0 Å². The molecule has 6 nitrogen and oxygen atoms in total. The SMILES string of the molecule is CC(C)(C)OC(=O)COC(=O)C1C2CC3CC(C2)C(C(=O)OC(C)(C)C)C1C3. The third kappa shape index (κ3) is 4.69. The molecule has 6 unspecified atom stereocenters. The molecule has 0 heterocycles. The van der Waals surface area contributed by atoms with Gasteiger partial charge in [-0.2, -0.15) is 0 Å². The van der Waals surface area contributed by atoms with Crippen molar-refractivity contribution in [3.8, 4) is 0 Å². The van der Waals surface area contributed by atoms with Gasteiger partial charge in [0.15, 0.2) is 6.61 Å². The molecule has 0 N–H and O–H groups in total. The molecule has 0 radical (unpaired) electrons. The summed E-state index contributed by atoms with van der Waals surface area (Å²) in [5, 5.41) is 0. The summed E-state index contributed by atoms with van der Waals surface area (Å²) in [6.45, 7) is 10.5. The van der Waals surface area contributed by atoms with E-state index in [1.165, 1.54) is 0 Å². The number of carbonyl (C=O) groups is 3. The fraction of sp³-hybridized carbons (Fsp3) is 0.864. The average molecular weight is 395 g/mol. The number of carbonyl (C=O) groups excluding carboxylic acids is 3. The quantitative estimate of drug-likeness (QED) is 0.536. The first-order valence-corrected chi connectivity index (χ1v) is 10.5. The van der Waals surface area contributed by atoms with Crippen LogP contribution >= 0.6 is 0 Å². The minimum Gasteiger partial charge on any atom is -0.460 e. The zero-order valence-electron chi connectivity index (χ0n) is 17.9. The molecule has 0 saturated heterocycles. The first kappa shape index (κ1) is 21.1. The van der Waals surface area contributed by atoms with Crippen molar-refractivity contribution < 1.29 is 28.6 Å². The molecule has 6 atom stereocenters. The Kier molecular flexibility index (Phi) is 5.54. The van der Waals surface area contributed by atoms with Gasteiger partial charge in [0, 0.05) is 0 Å². The average Bonchev–Trinajstić information content (AvgIpc) is 2.48. The minimum atomic E-state index is -0.617. The maximum atomic E-state index is 12.9. The number of esters is 3. The van der Waals surface area contributed by atoms with Gasteiger partial charge in [-0.25, -0.2) is 4.79 Å². The maximum absolute atomic E-state index is 12.9. The van der Waals surface area contributed by atoms with Crippen LogP contribution in [0.1, 0.15) is 67.2 Å². The van der Waals surface area contributed by atoms with Crippen LogP contribution in [0.4, 0.5) is 0 Å². The number of hydrogen-bond donors (Lipinski definition) is 0. The largest absolute Gasteiger partial charge is 0.460 e. The summed E-state index contributed by atoms with van der Waals surface area (Å²) in [6.07, 6.45) is 3.79. The predicted octanol–water partition coefficient (Wildman–Crippen LogP) is 3.51. The van der Waals surface area contributed by atoms with Crippen molar-refractivity contribution in [2.75, 3.05) is 6.61 Å². The van der Waals surface area contributed by atoms with Gasteiger partial charge in [-0.05, 0) is 90.9 Å². The molecule has 158 valence electrons. The summed E-state index contributed by atoms with van der Waals surface area (Å²) in [5.74, 6) is -0.592. The molecule has 4 saturated carbocycles. The predicted molar refractivity (Wildman–Crippen MR) is 102 cm³/mol. The van der Waals surface area contributed by atoms with Gasteiger partial charge in [-0.15, -0.1) is 0 Å². The third-order valence-electron chi connectivity index (χ3n) is 6.12. The van der Waals surface area contributed by atoms with E-state index >= 15 is 0 Å². The lowest BCUT2D eigenvalue weighted by Crippen LogP contribution is -2.56. The van der Waals surface area contributed by atoms with Gasteiger partial charge < -0.3 is 14.2 Å². The Morgan fingerprint density at radius 1 is 0.750 bits per heavy atom. The summed E-state index contributed by atoms with van der Waals surface area (Å²) in [5.41, 5.74) is -1.16. The molecule has 28 heavy (non-hydrogen) atoms. The molecule has 0 amide bonds. The van der Waals surface area contributed by atoms with Gasteiger partial charge in [0.2, 0.25) is 0 Å². The van der Waals surface area contributed by atoms with Crippen LogP contribution in [-0.4, -0.2) is 35.7 Å². The molecule has 0 aromatic carbocycles. The Bertz CT molecular complexity index is 640. The first-order valence-electron chi connectivity index (χ1n) is 10.5. The van der Waals surface area contributed by atoms with Gasteiger partial charge in [0.05, 0.1) is 11.8 Å². The molecular formula is C22H34O6. The number of ether oxygens (including phenoxy) is 3. The van der Waals surface area contributed by atoms with Gasteiger partial charge in [0.1, 0.15) is 11.2 Å². The van der Waals surface area contributed by atoms with Crippen molar-refractivity contribution in [2.24, 2.45) is 35.5 Å². The summed E-state index contributed by atoms with van der Waals surface area (Å²) in [6, 6.07) is 0. The summed E-state index contributed by atoms with van der Waals surface area (Å²) in [7, 11) is 0. The van der Waals surface area contributed by atoms with E-state index in [0.717, 1.165) is 25.7 Å². The van der Waals surface area contributed by atoms with Crippen molar-refractivity contribution in [1.82, 2.24) is 0 Å². The lowest BCUT2D eigenvalue weighted by Gasteiger charge is -2.56. The Morgan fingerprint density at radius 3 is 1.82 bits per heavy atom. The molecule has 4 rings (SSSR count). The van der Waals surface area contributed by atoms with E-state index in [9.17, 15) is 14.4 Å². The van der Waals surface area contributed by atoms with E-state index in [1.54, 1.807) is 20.8 Å². The molecule has 6 heteroatoms. The van der Waals surface area contributed by atoms with Crippen LogP contribution < -0.4 is 0 Å². The molecule has 4 aliphatic rings. The van der Waals surface area contributed by atoms with Crippen molar-refractivity contribution in [3.63, 3.8) is 0 Å². The molecule has 0 aromatic heterocycles. The van der Waals surface area contributed by atoms with E-state index in [2.05, 4.69) is 0 Å².